The average molecular weight is 446 g/mol. The normalized spacial score (nSPS) is 11.8. The van der Waals surface area contributed by atoms with Crippen LogP contribution in [-0.2, 0) is 4.79 Å². The first-order chi connectivity index (χ1) is 16.1. The Morgan fingerprint density at radius 2 is 1.52 bits per heavy atom. The standard InChI is InChI=1S/C25H22N2O6/c1-30-21-14-19(27-25(29)17-6-4-3-5-7-17)22(31-2)13-18(21)26-24(28)11-9-16-8-10-20-23(12-16)33-15-32-20/h3-14H,15H2,1-2H3,(H,26,28)(H,27,29)/b11-9+. The van der Waals surface area contributed by atoms with Crippen molar-refractivity contribution in [2.24, 2.45) is 0 Å². The molecule has 0 aliphatic carbocycles. The van der Waals surface area contributed by atoms with Crippen LogP contribution in [0.25, 0.3) is 6.08 Å². The van der Waals surface area contributed by atoms with Crippen LogP contribution >= 0.6 is 0 Å². The van der Waals surface area contributed by atoms with E-state index in [0.717, 1.165) is 5.56 Å². The van der Waals surface area contributed by atoms with Crippen LogP contribution in [0.4, 0.5) is 11.4 Å². The molecule has 0 atom stereocenters. The highest BCUT2D eigenvalue weighted by Crippen LogP contribution is 2.37. The quantitative estimate of drug-likeness (QED) is 0.525. The fourth-order valence-corrected chi connectivity index (χ4v) is 3.24. The van der Waals surface area contributed by atoms with Crippen LogP contribution in [-0.4, -0.2) is 32.8 Å². The zero-order chi connectivity index (χ0) is 23.2. The summed E-state index contributed by atoms with van der Waals surface area (Å²) in [4.78, 5) is 25.0. The third-order valence-electron chi connectivity index (χ3n) is 4.89. The van der Waals surface area contributed by atoms with Crippen molar-refractivity contribution in [3.05, 3.63) is 77.9 Å². The molecule has 3 aromatic rings. The molecule has 3 aromatic carbocycles. The van der Waals surface area contributed by atoms with Gasteiger partial charge in [0.25, 0.3) is 5.91 Å². The summed E-state index contributed by atoms with van der Waals surface area (Å²) in [6.45, 7) is 0.187. The largest absolute Gasteiger partial charge is 0.494 e. The molecule has 2 N–H and O–H groups in total. The van der Waals surface area contributed by atoms with E-state index < -0.39 is 0 Å². The van der Waals surface area contributed by atoms with Gasteiger partial charge in [-0.15, -0.1) is 0 Å². The third kappa shape index (κ3) is 5.07. The Kier molecular flexibility index (Phi) is 6.45. The molecule has 0 saturated heterocycles. The van der Waals surface area contributed by atoms with Crippen LogP contribution < -0.4 is 29.6 Å². The monoisotopic (exact) mass is 446 g/mol. The summed E-state index contributed by atoms with van der Waals surface area (Å²) in [6.07, 6.45) is 3.06. The lowest BCUT2D eigenvalue weighted by atomic mass is 10.1. The van der Waals surface area contributed by atoms with Crippen LogP contribution in [0, 0.1) is 0 Å². The zero-order valence-electron chi connectivity index (χ0n) is 18.1. The Labute approximate surface area is 190 Å². The minimum Gasteiger partial charge on any atom is -0.494 e. The van der Waals surface area contributed by atoms with Gasteiger partial charge >= 0.3 is 0 Å². The van der Waals surface area contributed by atoms with E-state index in [4.69, 9.17) is 18.9 Å². The van der Waals surface area contributed by atoms with Gasteiger partial charge in [0.1, 0.15) is 11.5 Å². The van der Waals surface area contributed by atoms with Gasteiger partial charge in [0.2, 0.25) is 12.7 Å². The van der Waals surface area contributed by atoms with Crippen molar-refractivity contribution in [1.82, 2.24) is 0 Å². The number of carbonyl (C=O) groups excluding carboxylic acids is 2. The number of amides is 2. The number of carbonyl (C=O) groups is 2. The molecule has 8 nitrogen and oxygen atoms in total. The lowest BCUT2D eigenvalue weighted by molar-refractivity contribution is -0.111. The van der Waals surface area contributed by atoms with Gasteiger partial charge in [-0.25, -0.2) is 0 Å². The summed E-state index contributed by atoms with van der Waals surface area (Å²) in [5, 5.41) is 5.58. The molecule has 4 rings (SSSR count). The first-order valence-electron chi connectivity index (χ1n) is 10.1. The van der Waals surface area contributed by atoms with E-state index in [0.29, 0.717) is 39.9 Å². The summed E-state index contributed by atoms with van der Waals surface area (Å²) in [5.41, 5.74) is 2.10. The highest BCUT2D eigenvalue weighted by Gasteiger charge is 2.16. The highest BCUT2D eigenvalue weighted by molar-refractivity contribution is 6.06. The zero-order valence-corrected chi connectivity index (χ0v) is 18.1. The minimum absolute atomic E-state index is 0.187. The molecule has 0 unspecified atom stereocenters. The van der Waals surface area contributed by atoms with Gasteiger partial charge < -0.3 is 29.6 Å². The van der Waals surface area contributed by atoms with Gasteiger partial charge in [0, 0.05) is 23.8 Å². The molecular formula is C25H22N2O6. The summed E-state index contributed by atoms with van der Waals surface area (Å²) in [7, 11) is 2.95. The Morgan fingerprint density at radius 3 is 2.21 bits per heavy atom. The molecule has 0 bridgehead atoms. The van der Waals surface area contributed by atoms with Crippen molar-refractivity contribution in [3.8, 4) is 23.0 Å². The van der Waals surface area contributed by atoms with E-state index in [-0.39, 0.29) is 18.6 Å². The second kappa shape index (κ2) is 9.78. The SMILES string of the molecule is COc1cc(NC(=O)c2ccccc2)c(OC)cc1NC(=O)/C=C/c1ccc2c(c1)OCO2. The molecule has 1 aliphatic heterocycles. The van der Waals surface area contributed by atoms with Crippen LogP contribution in [0.1, 0.15) is 15.9 Å². The van der Waals surface area contributed by atoms with Crippen molar-refractivity contribution >= 4 is 29.3 Å². The molecule has 168 valence electrons. The number of rotatable bonds is 7. The Hall–Kier alpha value is -4.46. The molecular weight excluding hydrogens is 424 g/mol. The Balaban J connectivity index is 1.50. The maximum Gasteiger partial charge on any atom is 0.255 e. The molecule has 8 heteroatoms. The predicted molar refractivity (Wildman–Crippen MR) is 124 cm³/mol. The van der Waals surface area contributed by atoms with E-state index >= 15 is 0 Å². The van der Waals surface area contributed by atoms with E-state index in [9.17, 15) is 9.59 Å². The molecule has 0 saturated carbocycles. The second-order valence-electron chi connectivity index (χ2n) is 7.01. The number of methoxy groups -OCH3 is 2. The van der Waals surface area contributed by atoms with Gasteiger partial charge in [-0.05, 0) is 35.9 Å². The van der Waals surface area contributed by atoms with Gasteiger partial charge in [-0.2, -0.15) is 0 Å². The first kappa shape index (κ1) is 21.8. The van der Waals surface area contributed by atoms with Crippen molar-refractivity contribution in [2.75, 3.05) is 31.6 Å². The van der Waals surface area contributed by atoms with Gasteiger partial charge in [-0.3, -0.25) is 9.59 Å². The van der Waals surface area contributed by atoms with Gasteiger partial charge in [-0.1, -0.05) is 24.3 Å². The van der Waals surface area contributed by atoms with Crippen molar-refractivity contribution < 1.29 is 28.5 Å². The number of benzene rings is 3. The number of anilines is 2. The summed E-state index contributed by atoms with van der Waals surface area (Å²) in [5.74, 6) is 1.39. The number of fused-ring (bicyclic) bond motifs is 1. The predicted octanol–water partition coefficient (Wildman–Crippen LogP) is 4.34. The highest BCUT2D eigenvalue weighted by atomic mass is 16.7. The third-order valence-corrected chi connectivity index (χ3v) is 4.89. The molecule has 33 heavy (non-hydrogen) atoms. The van der Waals surface area contributed by atoms with Crippen molar-refractivity contribution in [1.29, 1.82) is 0 Å². The molecule has 1 heterocycles. The van der Waals surface area contributed by atoms with Gasteiger partial charge in [0.15, 0.2) is 11.5 Å². The summed E-state index contributed by atoms with van der Waals surface area (Å²) >= 11 is 0. The smallest absolute Gasteiger partial charge is 0.255 e. The number of hydrogen-bond donors (Lipinski definition) is 2. The summed E-state index contributed by atoms with van der Waals surface area (Å²) < 4.78 is 21.5. The minimum atomic E-state index is -0.367. The van der Waals surface area contributed by atoms with Crippen LogP contribution in [0.2, 0.25) is 0 Å². The van der Waals surface area contributed by atoms with E-state index in [1.807, 2.05) is 12.1 Å². The molecule has 0 aromatic heterocycles. The van der Waals surface area contributed by atoms with Crippen LogP contribution in [0.5, 0.6) is 23.0 Å². The lowest BCUT2D eigenvalue weighted by Crippen LogP contribution is -2.14. The number of hydrogen-bond acceptors (Lipinski definition) is 6. The maximum atomic E-state index is 12.5. The Bertz CT molecular complexity index is 1210. The second-order valence-corrected chi connectivity index (χ2v) is 7.01. The van der Waals surface area contributed by atoms with Crippen LogP contribution in [0.3, 0.4) is 0 Å². The van der Waals surface area contributed by atoms with Crippen LogP contribution in [0.15, 0.2) is 66.7 Å². The van der Waals surface area contributed by atoms with E-state index in [2.05, 4.69) is 10.6 Å². The first-order valence-corrected chi connectivity index (χ1v) is 10.1. The lowest BCUT2D eigenvalue weighted by Gasteiger charge is -2.16. The molecule has 0 fully saturated rings. The molecule has 1 aliphatic rings. The summed E-state index contributed by atoms with van der Waals surface area (Å²) in [6, 6.07) is 17.4. The number of nitrogens with one attached hydrogen (secondary N) is 2. The topological polar surface area (TPSA) is 95.1 Å². The van der Waals surface area contributed by atoms with E-state index in [1.54, 1.807) is 54.6 Å². The Morgan fingerprint density at radius 1 is 0.848 bits per heavy atom. The molecule has 2 amide bonds. The van der Waals surface area contributed by atoms with E-state index in [1.165, 1.54) is 20.3 Å². The van der Waals surface area contributed by atoms with Crippen molar-refractivity contribution in [3.63, 3.8) is 0 Å². The number of ether oxygens (including phenoxy) is 4. The molecule has 0 radical (unpaired) electrons. The fourth-order valence-electron chi connectivity index (χ4n) is 3.24. The average Bonchev–Trinajstić information content (AvgIpc) is 3.31. The molecule has 0 spiro atoms. The fraction of sp³-hybridized carbons (Fsp3) is 0.120. The van der Waals surface area contributed by atoms with Gasteiger partial charge in [0.05, 0.1) is 25.6 Å². The maximum absolute atomic E-state index is 12.5. The van der Waals surface area contributed by atoms with Crippen molar-refractivity contribution in [2.45, 2.75) is 0 Å².